The normalized spacial score (nSPS) is 10.0. The molecule has 1 aromatic carbocycles. The molecule has 0 aliphatic rings. The van der Waals surface area contributed by atoms with Gasteiger partial charge in [0.15, 0.2) is 6.29 Å². The van der Waals surface area contributed by atoms with Gasteiger partial charge in [0.25, 0.3) is 0 Å². The van der Waals surface area contributed by atoms with Crippen molar-refractivity contribution in [3.8, 4) is 17.2 Å². The lowest BCUT2D eigenvalue weighted by Gasteiger charge is -2.17. The number of hydrogen-bond acceptors (Lipinski definition) is 6. The highest BCUT2D eigenvalue weighted by atomic mass is 16.6. The topological polar surface area (TPSA) is 71.1 Å². The lowest BCUT2D eigenvalue weighted by molar-refractivity contribution is -0.151. The van der Waals surface area contributed by atoms with Crippen molar-refractivity contribution < 1.29 is 28.5 Å². The average Bonchev–Trinajstić information content (AvgIpc) is 2.44. The molecule has 23 heavy (non-hydrogen) atoms. The first-order chi connectivity index (χ1) is 10.7. The number of hydrogen-bond donors (Lipinski definition) is 0. The van der Waals surface area contributed by atoms with Gasteiger partial charge in [-0.2, -0.15) is 0 Å². The summed E-state index contributed by atoms with van der Waals surface area (Å²) >= 11 is 0. The summed E-state index contributed by atoms with van der Waals surface area (Å²) in [5.74, 6) is 1.30. The minimum atomic E-state index is -0.328. The van der Waals surface area contributed by atoms with Crippen LogP contribution in [0.4, 0.5) is 0 Å². The molecule has 0 amide bonds. The lowest BCUT2D eigenvalue weighted by atomic mass is 10.2. The minimum absolute atomic E-state index is 0.225. The van der Waals surface area contributed by atoms with Gasteiger partial charge in [0, 0.05) is 19.1 Å². The second kappa shape index (κ2) is 9.71. The van der Waals surface area contributed by atoms with Gasteiger partial charge in [0.05, 0.1) is 26.4 Å². The van der Waals surface area contributed by atoms with Gasteiger partial charge >= 0.3 is 5.97 Å². The van der Waals surface area contributed by atoms with Crippen LogP contribution in [-0.4, -0.2) is 38.7 Å². The quantitative estimate of drug-likeness (QED) is 0.611. The molecule has 6 heteroatoms. The van der Waals surface area contributed by atoms with Gasteiger partial charge in [-0.15, -0.1) is 0 Å². The molecule has 0 heterocycles. The van der Waals surface area contributed by atoms with Crippen molar-refractivity contribution in [2.45, 2.75) is 40.2 Å². The van der Waals surface area contributed by atoms with Crippen molar-refractivity contribution in [1.29, 1.82) is 0 Å². The zero-order valence-corrected chi connectivity index (χ0v) is 14.9. The van der Waals surface area contributed by atoms with Crippen LogP contribution in [0.15, 0.2) is 12.1 Å². The molecule has 0 aromatic heterocycles. The van der Waals surface area contributed by atoms with E-state index in [0.29, 0.717) is 35.7 Å². The smallest absolute Gasteiger partial charge is 0.303 e. The fraction of sp³-hybridized carbons (Fsp3) is 0.529. The second-order valence-corrected chi connectivity index (χ2v) is 5.50. The van der Waals surface area contributed by atoms with E-state index in [2.05, 4.69) is 0 Å². The molecular weight excluding hydrogens is 300 g/mol. The molecule has 0 fully saturated rings. The molecule has 0 saturated carbocycles. The van der Waals surface area contributed by atoms with E-state index in [1.807, 2.05) is 27.7 Å². The molecule has 0 N–H and O–H groups in total. The van der Waals surface area contributed by atoms with Gasteiger partial charge in [-0.1, -0.05) is 0 Å². The highest BCUT2D eigenvalue weighted by Gasteiger charge is 2.12. The molecule has 1 rings (SSSR count). The molecular formula is C17H26O6. The highest BCUT2D eigenvalue weighted by molar-refractivity contribution is 5.84. The molecule has 0 radical (unpaired) electrons. The molecule has 0 spiro atoms. The summed E-state index contributed by atoms with van der Waals surface area (Å²) in [5.41, 5.74) is 0.0645. The molecule has 0 saturated heterocycles. The van der Waals surface area contributed by atoms with Crippen LogP contribution in [0, 0.1) is 0 Å². The van der Waals surface area contributed by atoms with Crippen LogP contribution < -0.4 is 14.2 Å². The predicted octanol–water partition coefficient (Wildman–Crippen LogP) is 3.26. The Morgan fingerprint density at radius 1 is 1.13 bits per heavy atom. The van der Waals surface area contributed by atoms with Crippen molar-refractivity contribution in [3.05, 3.63) is 17.7 Å². The van der Waals surface area contributed by atoms with E-state index in [-0.39, 0.29) is 11.6 Å². The van der Waals surface area contributed by atoms with Crippen molar-refractivity contribution in [3.63, 3.8) is 0 Å². The molecule has 0 atom stereocenters. The van der Waals surface area contributed by atoms with Crippen molar-refractivity contribution in [2.24, 2.45) is 0 Å². The summed E-state index contributed by atoms with van der Waals surface area (Å²) in [6, 6.07) is 3.32. The predicted molar refractivity (Wildman–Crippen MR) is 87.6 cm³/mol. The maximum Gasteiger partial charge on any atom is 0.303 e. The number of ether oxygens (including phenoxy) is 4. The second-order valence-electron chi connectivity index (χ2n) is 5.50. The SMILES string of the molecule is CC(=O)OC(C)(C)C.CCOc1cc(OC)c(C=O)c(OC)c1. The van der Waals surface area contributed by atoms with E-state index in [1.165, 1.54) is 21.1 Å². The summed E-state index contributed by atoms with van der Waals surface area (Å²) in [4.78, 5) is 21.1. The van der Waals surface area contributed by atoms with Crippen LogP contribution >= 0.6 is 0 Å². The Morgan fingerprint density at radius 3 is 1.83 bits per heavy atom. The van der Waals surface area contributed by atoms with Gasteiger partial charge in [0.1, 0.15) is 22.8 Å². The van der Waals surface area contributed by atoms with Crippen LogP contribution in [0.3, 0.4) is 0 Å². The number of aldehydes is 1. The van der Waals surface area contributed by atoms with Crippen molar-refractivity contribution in [2.75, 3.05) is 20.8 Å². The number of methoxy groups -OCH3 is 2. The summed E-state index contributed by atoms with van der Waals surface area (Å²) in [6.07, 6.45) is 0.702. The fourth-order valence-corrected chi connectivity index (χ4v) is 1.71. The average molecular weight is 326 g/mol. The van der Waals surface area contributed by atoms with E-state index >= 15 is 0 Å². The lowest BCUT2D eigenvalue weighted by Crippen LogP contribution is -2.21. The van der Waals surface area contributed by atoms with E-state index in [0.717, 1.165) is 0 Å². The summed E-state index contributed by atoms with van der Waals surface area (Å²) in [5, 5.41) is 0. The van der Waals surface area contributed by atoms with Crippen LogP contribution in [0.5, 0.6) is 17.2 Å². The monoisotopic (exact) mass is 326 g/mol. The largest absolute Gasteiger partial charge is 0.496 e. The molecule has 6 nitrogen and oxygen atoms in total. The number of benzene rings is 1. The molecule has 0 unspecified atom stereocenters. The highest BCUT2D eigenvalue weighted by Crippen LogP contribution is 2.32. The van der Waals surface area contributed by atoms with E-state index in [4.69, 9.17) is 18.9 Å². The van der Waals surface area contributed by atoms with Crippen LogP contribution in [0.2, 0.25) is 0 Å². The van der Waals surface area contributed by atoms with Crippen molar-refractivity contribution in [1.82, 2.24) is 0 Å². The van der Waals surface area contributed by atoms with Crippen LogP contribution in [0.1, 0.15) is 45.0 Å². The first-order valence-corrected chi connectivity index (χ1v) is 7.22. The maximum absolute atomic E-state index is 10.8. The van der Waals surface area contributed by atoms with E-state index in [9.17, 15) is 9.59 Å². The van der Waals surface area contributed by atoms with Crippen molar-refractivity contribution >= 4 is 12.3 Å². The fourth-order valence-electron chi connectivity index (χ4n) is 1.71. The molecule has 0 aliphatic heterocycles. The van der Waals surface area contributed by atoms with Gasteiger partial charge in [-0.25, -0.2) is 0 Å². The summed E-state index contributed by atoms with van der Waals surface area (Å²) in [7, 11) is 3.00. The Kier molecular flexibility index (Phi) is 8.77. The molecule has 1 aromatic rings. The number of rotatable bonds is 5. The van der Waals surface area contributed by atoms with Gasteiger partial charge < -0.3 is 18.9 Å². The third-order valence-corrected chi connectivity index (χ3v) is 2.40. The van der Waals surface area contributed by atoms with Crippen LogP contribution in [0.25, 0.3) is 0 Å². The Labute approximate surface area is 137 Å². The zero-order chi connectivity index (χ0) is 18.0. The van der Waals surface area contributed by atoms with Crippen LogP contribution in [-0.2, 0) is 9.53 Å². The molecule has 0 bridgehead atoms. The third-order valence-electron chi connectivity index (χ3n) is 2.40. The van der Waals surface area contributed by atoms with E-state index in [1.54, 1.807) is 12.1 Å². The maximum atomic E-state index is 10.8. The first-order valence-electron chi connectivity index (χ1n) is 7.22. The van der Waals surface area contributed by atoms with Gasteiger partial charge in [-0.3, -0.25) is 9.59 Å². The summed E-state index contributed by atoms with van der Waals surface area (Å²) in [6.45, 7) is 9.36. The first kappa shape index (κ1) is 20.8. The molecule has 130 valence electrons. The standard InChI is InChI=1S/C11H14O4.C6H12O2/c1-4-15-8-5-10(13-2)9(7-12)11(6-8)14-3;1-5(7)8-6(2,3)4/h5-7H,4H2,1-3H3;1-4H3. The number of carbonyl (C=O) groups is 2. The Bertz CT molecular complexity index is 491. The Hall–Kier alpha value is -2.24. The van der Waals surface area contributed by atoms with Gasteiger partial charge in [-0.05, 0) is 27.7 Å². The van der Waals surface area contributed by atoms with E-state index < -0.39 is 0 Å². The van der Waals surface area contributed by atoms with Gasteiger partial charge in [0.2, 0.25) is 0 Å². The third kappa shape index (κ3) is 8.09. The molecule has 0 aliphatic carbocycles. The summed E-state index contributed by atoms with van der Waals surface area (Å²) < 4.78 is 20.3. The zero-order valence-electron chi connectivity index (χ0n) is 14.9. The Morgan fingerprint density at radius 2 is 1.61 bits per heavy atom. The minimum Gasteiger partial charge on any atom is -0.496 e. The Balaban J connectivity index is 0.000000515. The number of esters is 1. The number of carbonyl (C=O) groups excluding carboxylic acids is 2.